The van der Waals surface area contributed by atoms with Crippen molar-refractivity contribution in [3.05, 3.63) is 34.2 Å². The number of aliphatic imine (C=N–C) groups is 1. The molecule has 0 radical (unpaired) electrons. The third-order valence-electron chi connectivity index (χ3n) is 9.90. The van der Waals surface area contributed by atoms with Crippen LogP contribution in [0.5, 0.6) is 0 Å². The SMILES string of the molecule is CCCCC1CCC(C2=NC3(CCN(S/C=C/c4c(C)cc(N(CC5(C)COC5)C(C)=O)cc4C)CC3)C(=O)N2)CC1. The molecule has 2 saturated heterocycles. The van der Waals surface area contributed by atoms with Crippen LogP contribution in [0.1, 0.15) is 95.2 Å². The molecule has 4 aliphatic rings. The molecule has 1 aromatic carbocycles. The van der Waals surface area contributed by atoms with E-state index >= 15 is 0 Å². The molecule has 2 amide bonds. The lowest BCUT2D eigenvalue weighted by molar-refractivity contribution is -0.125. The van der Waals surface area contributed by atoms with Gasteiger partial charge in [0.15, 0.2) is 0 Å². The minimum atomic E-state index is -0.566. The monoisotopic (exact) mass is 594 g/mol. The van der Waals surface area contributed by atoms with Crippen molar-refractivity contribution in [3.63, 3.8) is 0 Å². The number of unbranched alkanes of at least 4 members (excludes halogenated alkanes) is 1. The maximum absolute atomic E-state index is 13.1. The van der Waals surface area contributed by atoms with Crippen molar-refractivity contribution in [3.8, 4) is 0 Å². The molecule has 1 saturated carbocycles. The number of anilines is 1. The summed E-state index contributed by atoms with van der Waals surface area (Å²) in [4.78, 5) is 32.6. The van der Waals surface area contributed by atoms with E-state index in [1.165, 1.54) is 37.7 Å². The fourth-order valence-electron chi connectivity index (χ4n) is 7.12. The second-order valence-electron chi connectivity index (χ2n) is 13.6. The molecule has 3 fully saturated rings. The van der Waals surface area contributed by atoms with Crippen LogP contribution in [0.4, 0.5) is 5.69 Å². The number of rotatable bonds is 10. The quantitative estimate of drug-likeness (QED) is 0.306. The van der Waals surface area contributed by atoms with Crippen LogP contribution >= 0.6 is 11.9 Å². The number of nitrogens with zero attached hydrogens (tertiary/aromatic N) is 3. The van der Waals surface area contributed by atoms with E-state index in [1.807, 2.05) is 4.90 Å². The van der Waals surface area contributed by atoms with E-state index in [9.17, 15) is 9.59 Å². The van der Waals surface area contributed by atoms with Crippen molar-refractivity contribution in [1.29, 1.82) is 0 Å². The zero-order valence-corrected chi connectivity index (χ0v) is 27.2. The summed E-state index contributed by atoms with van der Waals surface area (Å²) in [6.45, 7) is 14.1. The average Bonchev–Trinajstić information content (AvgIpc) is 3.27. The highest BCUT2D eigenvalue weighted by atomic mass is 32.2. The first-order valence-corrected chi connectivity index (χ1v) is 16.9. The first kappa shape index (κ1) is 31.3. The van der Waals surface area contributed by atoms with Gasteiger partial charge in [-0.15, -0.1) is 0 Å². The molecule has 230 valence electrons. The molecule has 1 aromatic rings. The molecule has 0 unspecified atom stereocenters. The molecule has 1 spiro atoms. The summed E-state index contributed by atoms with van der Waals surface area (Å²) in [5.74, 6) is 2.44. The molecular weight excluding hydrogens is 544 g/mol. The third kappa shape index (κ3) is 6.97. The number of carbonyl (C=O) groups excluding carboxylic acids is 2. The van der Waals surface area contributed by atoms with Crippen molar-refractivity contribution in [2.75, 3.05) is 37.7 Å². The molecule has 0 bridgehead atoms. The van der Waals surface area contributed by atoms with Crippen molar-refractivity contribution in [2.45, 2.75) is 97.9 Å². The zero-order chi connectivity index (χ0) is 29.9. The number of nitrogens with one attached hydrogen (secondary N) is 1. The van der Waals surface area contributed by atoms with Gasteiger partial charge in [0.1, 0.15) is 11.4 Å². The van der Waals surface area contributed by atoms with E-state index in [0.717, 1.165) is 67.3 Å². The first-order valence-electron chi connectivity index (χ1n) is 16.1. The van der Waals surface area contributed by atoms with Gasteiger partial charge in [-0.3, -0.25) is 14.6 Å². The Bertz CT molecular complexity index is 1180. The highest BCUT2D eigenvalue weighted by Crippen LogP contribution is 2.38. The fourth-order valence-corrected chi connectivity index (χ4v) is 7.88. The van der Waals surface area contributed by atoms with E-state index in [2.05, 4.69) is 60.9 Å². The first-order chi connectivity index (χ1) is 20.1. The lowest BCUT2D eigenvalue weighted by Gasteiger charge is -2.41. The summed E-state index contributed by atoms with van der Waals surface area (Å²) in [7, 11) is 0. The maximum Gasteiger partial charge on any atom is 0.253 e. The summed E-state index contributed by atoms with van der Waals surface area (Å²) < 4.78 is 7.76. The van der Waals surface area contributed by atoms with Gasteiger partial charge in [-0.1, -0.05) is 45.1 Å². The average molecular weight is 595 g/mol. The number of hydrogen-bond donors (Lipinski definition) is 1. The Morgan fingerprint density at radius 1 is 1.17 bits per heavy atom. The number of benzene rings is 1. The van der Waals surface area contributed by atoms with Crippen LogP contribution in [0.2, 0.25) is 0 Å². The predicted molar refractivity (Wildman–Crippen MR) is 174 cm³/mol. The summed E-state index contributed by atoms with van der Waals surface area (Å²) >= 11 is 1.72. The number of amidine groups is 1. The van der Waals surface area contributed by atoms with Gasteiger partial charge in [-0.2, -0.15) is 0 Å². The molecule has 8 heteroatoms. The van der Waals surface area contributed by atoms with Crippen LogP contribution in [0, 0.1) is 31.1 Å². The molecular formula is C34H50N4O3S. The van der Waals surface area contributed by atoms with E-state index in [-0.39, 0.29) is 17.2 Å². The van der Waals surface area contributed by atoms with Crippen molar-refractivity contribution in [2.24, 2.45) is 22.2 Å². The minimum absolute atomic E-state index is 0.0230. The Morgan fingerprint density at radius 2 is 1.83 bits per heavy atom. The van der Waals surface area contributed by atoms with E-state index in [0.29, 0.717) is 25.7 Å². The Labute approximate surface area is 257 Å². The molecule has 0 atom stereocenters. The van der Waals surface area contributed by atoms with E-state index in [1.54, 1.807) is 18.9 Å². The minimum Gasteiger partial charge on any atom is -0.380 e. The lowest BCUT2D eigenvalue weighted by atomic mass is 9.79. The van der Waals surface area contributed by atoms with Gasteiger partial charge in [0.2, 0.25) is 5.91 Å². The highest BCUT2D eigenvalue weighted by molar-refractivity contribution is 8.00. The number of carbonyl (C=O) groups is 2. The predicted octanol–water partition coefficient (Wildman–Crippen LogP) is 6.67. The molecule has 7 nitrogen and oxygen atoms in total. The summed E-state index contributed by atoms with van der Waals surface area (Å²) in [5, 5.41) is 5.37. The second kappa shape index (κ2) is 13.2. The van der Waals surface area contributed by atoms with Crippen LogP contribution in [0.3, 0.4) is 0 Å². The summed E-state index contributed by atoms with van der Waals surface area (Å²) in [6.07, 6.45) is 12.6. The number of ether oxygens (including phenoxy) is 1. The lowest BCUT2D eigenvalue weighted by Crippen LogP contribution is -2.50. The summed E-state index contributed by atoms with van der Waals surface area (Å²) in [6, 6.07) is 4.25. The van der Waals surface area contributed by atoms with Gasteiger partial charge in [-0.05, 0) is 98.6 Å². The molecule has 42 heavy (non-hydrogen) atoms. The van der Waals surface area contributed by atoms with Crippen molar-refractivity contribution >= 4 is 41.4 Å². The number of amides is 2. The van der Waals surface area contributed by atoms with Crippen LogP contribution in [0.15, 0.2) is 22.5 Å². The smallest absolute Gasteiger partial charge is 0.253 e. The molecule has 3 aliphatic heterocycles. The normalized spacial score (nSPS) is 25.4. The highest BCUT2D eigenvalue weighted by Gasteiger charge is 2.47. The standard InChI is InChI=1S/C34H50N4O3S/c1-6-7-8-27-9-11-28(12-10-27)31-35-32(40)34(36-31)14-16-37(17-15-34)42-18-13-30-24(2)19-29(20-25(30)3)38(26(4)39)21-33(5)22-41-23-33/h13,18-20,27-28H,6-12,14-17,21-23H2,1-5H3,(H,35,36,40)/b18-13+. The van der Waals surface area contributed by atoms with Crippen LogP contribution in [0.25, 0.3) is 6.08 Å². The number of aryl methyl sites for hydroxylation is 2. The molecule has 1 aliphatic carbocycles. The Morgan fingerprint density at radius 3 is 2.40 bits per heavy atom. The van der Waals surface area contributed by atoms with Crippen LogP contribution in [-0.2, 0) is 14.3 Å². The number of piperidine rings is 1. The third-order valence-corrected chi connectivity index (χ3v) is 10.8. The van der Waals surface area contributed by atoms with Crippen molar-refractivity contribution < 1.29 is 14.3 Å². The van der Waals surface area contributed by atoms with Crippen LogP contribution in [-0.4, -0.2) is 60.3 Å². The molecule has 1 N–H and O–H groups in total. The number of hydrogen-bond acceptors (Lipinski definition) is 6. The zero-order valence-electron chi connectivity index (χ0n) is 26.3. The van der Waals surface area contributed by atoms with Gasteiger partial charge in [-0.25, -0.2) is 4.31 Å². The molecule has 0 aromatic heterocycles. The Hall–Kier alpha value is -2.16. The van der Waals surface area contributed by atoms with E-state index < -0.39 is 5.54 Å². The fraction of sp³-hybridized carbons (Fsp3) is 0.676. The maximum atomic E-state index is 13.1. The second-order valence-corrected chi connectivity index (χ2v) is 14.6. The molecule has 3 heterocycles. The van der Waals surface area contributed by atoms with Gasteiger partial charge in [0.25, 0.3) is 5.91 Å². The van der Waals surface area contributed by atoms with Gasteiger partial charge < -0.3 is 15.0 Å². The largest absolute Gasteiger partial charge is 0.380 e. The van der Waals surface area contributed by atoms with Gasteiger partial charge in [0, 0.05) is 43.6 Å². The van der Waals surface area contributed by atoms with E-state index in [4.69, 9.17) is 9.73 Å². The topological polar surface area (TPSA) is 74.2 Å². The molecule has 5 rings (SSSR count). The van der Waals surface area contributed by atoms with Gasteiger partial charge >= 0.3 is 0 Å². The van der Waals surface area contributed by atoms with Crippen molar-refractivity contribution in [1.82, 2.24) is 9.62 Å². The van der Waals surface area contributed by atoms with Crippen LogP contribution < -0.4 is 10.2 Å². The van der Waals surface area contributed by atoms with Gasteiger partial charge in [0.05, 0.1) is 13.2 Å². The Kier molecular flexibility index (Phi) is 9.85. The Balaban J connectivity index is 1.15. The summed E-state index contributed by atoms with van der Waals surface area (Å²) in [5.41, 5.74) is 3.92.